The van der Waals surface area contributed by atoms with Gasteiger partial charge in [0.05, 0.1) is 6.26 Å². The van der Waals surface area contributed by atoms with Crippen LogP contribution in [-0.2, 0) is 10.0 Å². The van der Waals surface area contributed by atoms with Gasteiger partial charge < -0.3 is 0 Å². The van der Waals surface area contributed by atoms with Gasteiger partial charge in [-0.15, -0.1) is 6.58 Å². The van der Waals surface area contributed by atoms with Crippen molar-refractivity contribution >= 4 is 26.0 Å². The number of sulfonamides is 1. The first kappa shape index (κ1) is 22.4. The average molecular weight is 430 g/mol. The molecule has 0 radical (unpaired) electrons. The summed E-state index contributed by atoms with van der Waals surface area (Å²) in [6.45, 7) is 18.4. The van der Waals surface area contributed by atoms with Gasteiger partial charge in [-0.05, 0) is 49.7 Å². The molecule has 5 heteroatoms. The Hall–Kier alpha value is -0.650. The molecule has 142 valence electrons. The second kappa shape index (κ2) is 8.36. The van der Waals surface area contributed by atoms with E-state index in [0.717, 1.165) is 22.0 Å². The maximum absolute atomic E-state index is 12.6. The Morgan fingerprint density at radius 1 is 1.32 bits per heavy atom. The number of rotatable bonds is 6. The second-order valence-corrected chi connectivity index (χ2v) is 10.8. The lowest BCUT2D eigenvalue weighted by Crippen LogP contribution is -2.57. The highest BCUT2D eigenvalue weighted by molar-refractivity contribution is 9.12. The maximum atomic E-state index is 12.6. The molecule has 25 heavy (non-hydrogen) atoms. The van der Waals surface area contributed by atoms with Crippen molar-refractivity contribution in [2.45, 2.75) is 59.5 Å². The molecule has 0 saturated carbocycles. The monoisotopic (exact) mass is 429 g/mol. The molecule has 0 spiro atoms. The second-order valence-electron chi connectivity index (χ2n) is 8.05. The van der Waals surface area contributed by atoms with Crippen LogP contribution in [0, 0.1) is 11.3 Å². The molecule has 1 saturated heterocycles. The van der Waals surface area contributed by atoms with Crippen LogP contribution in [0.1, 0.15) is 47.5 Å². The van der Waals surface area contributed by atoms with E-state index < -0.39 is 10.0 Å². The van der Waals surface area contributed by atoms with Crippen LogP contribution in [0.3, 0.4) is 0 Å². The van der Waals surface area contributed by atoms with Crippen molar-refractivity contribution in [3.8, 4) is 0 Å². The van der Waals surface area contributed by atoms with Crippen molar-refractivity contribution in [3.63, 3.8) is 0 Å². The maximum Gasteiger partial charge on any atom is 0.212 e. The Morgan fingerprint density at radius 3 is 2.32 bits per heavy atom. The third-order valence-corrected chi connectivity index (χ3v) is 7.37. The predicted molar refractivity (Wildman–Crippen MR) is 112 cm³/mol. The lowest BCUT2D eigenvalue weighted by atomic mass is 9.67. The molecular weight excluding hydrogens is 398 g/mol. The zero-order valence-electron chi connectivity index (χ0n) is 16.3. The molecule has 1 heterocycles. The van der Waals surface area contributed by atoms with Crippen LogP contribution in [0.2, 0.25) is 0 Å². The lowest BCUT2D eigenvalue weighted by Gasteiger charge is -2.51. The van der Waals surface area contributed by atoms with Crippen LogP contribution in [0.4, 0.5) is 0 Å². The van der Waals surface area contributed by atoms with Crippen LogP contribution in [0.25, 0.3) is 0 Å². The topological polar surface area (TPSA) is 37.4 Å². The summed E-state index contributed by atoms with van der Waals surface area (Å²) in [5.41, 5.74) is 1.99. The molecule has 0 aliphatic carbocycles. The summed E-state index contributed by atoms with van der Waals surface area (Å²) in [6, 6.07) is -0.230. The fourth-order valence-corrected chi connectivity index (χ4v) is 5.02. The molecule has 0 bridgehead atoms. The standard InChI is InChI=1S/C20H32BrNO2S/c1-14(2)12-19-16(5)20(6,7)13-17(22(19)25(8,23)24)10-9-11-18(21)15(3)4/h9-11,16-17,19H,1,3,12-13H2,2,4-8H3/b10-9-,18-11+. The molecule has 0 aromatic rings. The van der Waals surface area contributed by atoms with Crippen molar-refractivity contribution < 1.29 is 8.42 Å². The molecule has 3 unspecified atom stereocenters. The molecule has 0 aromatic carbocycles. The Kier molecular flexibility index (Phi) is 7.49. The van der Waals surface area contributed by atoms with E-state index in [1.54, 1.807) is 4.31 Å². The number of piperidine rings is 1. The van der Waals surface area contributed by atoms with E-state index in [-0.39, 0.29) is 23.4 Å². The van der Waals surface area contributed by atoms with Crippen LogP contribution < -0.4 is 0 Å². The minimum Gasteiger partial charge on any atom is -0.212 e. The quantitative estimate of drug-likeness (QED) is 0.416. The Morgan fingerprint density at radius 2 is 1.88 bits per heavy atom. The highest BCUT2D eigenvalue weighted by Crippen LogP contribution is 2.45. The first-order valence-corrected chi connectivity index (χ1v) is 11.2. The van der Waals surface area contributed by atoms with E-state index in [2.05, 4.69) is 49.9 Å². The summed E-state index contributed by atoms with van der Waals surface area (Å²) in [7, 11) is -3.33. The van der Waals surface area contributed by atoms with Crippen molar-refractivity contribution in [1.29, 1.82) is 0 Å². The zero-order chi connectivity index (χ0) is 19.6. The van der Waals surface area contributed by atoms with E-state index in [1.165, 1.54) is 6.26 Å². The van der Waals surface area contributed by atoms with Gasteiger partial charge in [0.25, 0.3) is 0 Å². The summed E-state index contributed by atoms with van der Waals surface area (Å²) in [5.74, 6) is 0.251. The van der Waals surface area contributed by atoms with E-state index in [0.29, 0.717) is 6.42 Å². The Bertz CT molecular complexity index is 688. The third-order valence-electron chi connectivity index (χ3n) is 5.12. The fraction of sp³-hybridized carbons (Fsp3) is 0.600. The molecule has 3 nitrogen and oxygen atoms in total. The third kappa shape index (κ3) is 5.93. The van der Waals surface area contributed by atoms with Gasteiger partial charge in [-0.1, -0.05) is 61.0 Å². The van der Waals surface area contributed by atoms with Gasteiger partial charge in [-0.3, -0.25) is 0 Å². The summed E-state index contributed by atoms with van der Waals surface area (Å²) in [6.07, 6.45) is 8.62. The smallest absolute Gasteiger partial charge is 0.212 e. The van der Waals surface area contributed by atoms with Gasteiger partial charge in [-0.25, -0.2) is 8.42 Å². The average Bonchev–Trinajstić information content (AvgIpc) is 2.41. The Labute approximate surface area is 162 Å². The van der Waals surface area contributed by atoms with Crippen molar-refractivity contribution in [2.75, 3.05) is 6.26 Å². The summed E-state index contributed by atoms with van der Waals surface area (Å²) >= 11 is 3.47. The molecule has 1 aliphatic heterocycles. The van der Waals surface area contributed by atoms with Crippen molar-refractivity contribution in [2.24, 2.45) is 11.3 Å². The minimum absolute atomic E-state index is 0.0472. The van der Waals surface area contributed by atoms with Gasteiger partial charge in [0.15, 0.2) is 0 Å². The number of halogens is 1. The first-order chi connectivity index (χ1) is 11.3. The van der Waals surface area contributed by atoms with E-state index in [9.17, 15) is 8.42 Å². The van der Waals surface area contributed by atoms with Crippen LogP contribution in [0.5, 0.6) is 0 Å². The Balaban J connectivity index is 3.31. The summed E-state index contributed by atoms with van der Waals surface area (Å²) in [5, 5.41) is 0. The molecule has 0 amide bonds. The molecule has 0 aromatic heterocycles. The number of nitrogens with zero attached hydrogens (tertiary/aromatic N) is 1. The van der Waals surface area contributed by atoms with Crippen molar-refractivity contribution in [3.05, 3.63) is 47.0 Å². The van der Waals surface area contributed by atoms with E-state index >= 15 is 0 Å². The number of allylic oxidation sites excluding steroid dienone is 4. The van der Waals surface area contributed by atoms with Crippen LogP contribution in [0.15, 0.2) is 47.0 Å². The van der Waals surface area contributed by atoms with E-state index in [4.69, 9.17) is 0 Å². The normalized spacial score (nSPS) is 28.3. The summed E-state index contributed by atoms with van der Waals surface area (Å²) in [4.78, 5) is 0. The number of hydrogen-bond donors (Lipinski definition) is 0. The predicted octanol–water partition coefficient (Wildman–Crippen LogP) is 5.43. The molecule has 1 aliphatic rings. The molecular formula is C20H32BrNO2S. The van der Waals surface area contributed by atoms with Crippen LogP contribution in [-0.4, -0.2) is 31.1 Å². The van der Waals surface area contributed by atoms with Gasteiger partial charge >= 0.3 is 0 Å². The van der Waals surface area contributed by atoms with Gasteiger partial charge in [-0.2, -0.15) is 4.31 Å². The lowest BCUT2D eigenvalue weighted by molar-refractivity contribution is 0.0370. The van der Waals surface area contributed by atoms with Gasteiger partial charge in [0.1, 0.15) is 0 Å². The van der Waals surface area contributed by atoms with Gasteiger partial charge in [0.2, 0.25) is 10.0 Å². The van der Waals surface area contributed by atoms with Crippen molar-refractivity contribution in [1.82, 2.24) is 4.31 Å². The van der Waals surface area contributed by atoms with E-state index in [1.807, 2.05) is 32.1 Å². The molecule has 3 atom stereocenters. The van der Waals surface area contributed by atoms with Crippen LogP contribution >= 0.6 is 15.9 Å². The molecule has 1 fully saturated rings. The molecule has 0 N–H and O–H groups in total. The zero-order valence-corrected chi connectivity index (χ0v) is 18.7. The largest absolute Gasteiger partial charge is 0.212 e. The highest BCUT2D eigenvalue weighted by Gasteiger charge is 2.47. The number of hydrogen-bond acceptors (Lipinski definition) is 2. The minimum atomic E-state index is -3.33. The summed E-state index contributed by atoms with van der Waals surface area (Å²) < 4.78 is 27.8. The van der Waals surface area contributed by atoms with Gasteiger partial charge in [0, 0.05) is 16.6 Å². The molecule has 1 rings (SSSR count). The fourth-order valence-electron chi connectivity index (χ4n) is 3.48. The SMILES string of the molecule is C=C(C)CC1C(C)C(C)(C)CC(/C=C\C=C(\Br)C(=C)C)N1S(C)(=O)=O. The highest BCUT2D eigenvalue weighted by atomic mass is 79.9. The first-order valence-electron chi connectivity index (χ1n) is 8.60.